The maximum Gasteiger partial charge on any atom is 0.332 e. The number of nitrogens with zero attached hydrogens (tertiary/aromatic N) is 2. The molecule has 1 aromatic carbocycles. The summed E-state index contributed by atoms with van der Waals surface area (Å²) in [6.07, 6.45) is 1.52. The van der Waals surface area contributed by atoms with Crippen molar-refractivity contribution >= 4 is 17.9 Å². The normalized spacial score (nSPS) is 10.6. The van der Waals surface area contributed by atoms with E-state index in [2.05, 4.69) is 29.3 Å². The van der Waals surface area contributed by atoms with Crippen LogP contribution >= 0.6 is 0 Å². The molecule has 20 heavy (non-hydrogen) atoms. The van der Waals surface area contributed by atoms with Crippen LogP contribution in [0.3, 0.4) is 0 Å². The molecule has 6 heteroatoms. The first-order valence-corrected chi connectivity index (χ1v) is 6.72. The number of hydrogen-bond acceptors (Lipinski definition) is 4. The zero-order valence-electron chi connectivity index (χ0n) is 12.2. The lowest BCUT2D eigenvalue weighted by molar-refractivity contribution is 0.249. The third kappa shape index (κ3) is 4.46. The van der Waals surface area contributed by atoms with E-state index in [1.54, 1.807) is 0 Å². The van der Waals surface area contributed by atoms with Crippen molar-refractivity contribution in [3.05, 3.63) is 23.8 Å². The minimum Gasteiger partial charge on any atom is -0.493 e. The summed E-state index contributed by atoms with van der Waals surface area (Å²) in [5, 5.41) is 3.76. The highest BCUT2D eigenvalue weighted by molar-refractivity contribution is 5.85. The van der Waals surface area contributed by atoms with Gasteiger partial charge in [0.2, 0.25) is 0 Å². The highest BCUT2D eigenvalue weighted by Gasteiger charge is 2.07. The molecule has 0 saturated heterocycles. The fourth-order valence-electron chi connectivity index (χ4n) is 1.86. The lowest BCUT2D eigenvalue weighted by Crippen LogP contribution is -2.24. The van der Waals surface area contributed by atoms with Gasteiger partial charge in [0, 0.05) is 30.4 Å². The molecule has 0 fully saturated rings. The second kappa shape index (κ2) is 8.04. The van der Waals surface area contributed by atoms with Crippen LogP contribution < -0.4 is 20.8 Å². The number of urea groups is 1. The van der Waals surface area contributed by atoms with Crippen LogP contribution in [0.2, 0.25) is 0 Å². The van der Waals surface area contributed by atoms with Crippen LogP contribution in [0.4, 0.5) is 10.5 Å². The van der Waals surface area contributed by atoms with Gasteiger partial charge in [-0.15, -0.1) is 0 Å². The molecule has 0 aliphatic carbocycles. The third-order valence-corrected chi connectivity index (χ3v) is 2.80. The highest BCUT2D eigenvalue weighted by atomic mass is 16.5. The Bertz CT molecular complexity index is 470. The summed E-state index contributed by atoms with van der Waals surface area (Å²) in [4.78, 5) is 12.8. The molecule has 0 bridgehead atoms. The Morgan fingerprint density at radius 1 is 1.40 bits per heavy atom. The first-order chi connectivity index (χ1) is 9.62. The number of primary amides is 1. The lowest BCUT2D eigenvalue weighted by Gasteiger charge is -2.22. The van der Waals surface area contributed by atoms with E-state index < -0.39 is 6.03 Å². The second-order valence-corrected chi connectivity index (χ2v) is 4.06. The quantitative estimate of drug-likeness (QED) is 0.591. The van der Waals surface area contributed by atoms with Gasteiger partial charge in [0.25, 0.3) is 0 Å². The number of rotatable bonds is 7. The molecule has 6 nitrogen and oxygen atoms in total. The Kier molecular flexibility index (Phi) is 6.36. The first kappa shape index (κ1) is 15.8. The number of ether oxygens (including phenoxy) is 1. The van der Waals surface area contributed by atoms with Gasteiger partial charge in [-0.25, -0.2) is 10.2 Å². The summed E-state index contributed by atoms with van der Waals surface area (Å²) in [5.74, 6) is 0.729. The van der Waals surface area contributed by atoms with Gasteiger partial charge in [-0.3, -0.25) is 0 Å². The van der Waals surface area contributed by atoms with Crippen molar-refractivity contribution in [1.29, 1.82) is 0 Å². The van der Waals surface area contributed by atoms with E-state index in [1.165, 1.54) is 6.21 Å². The van der Waals surface area contributed by atoms with Crippen molar-refractivity contribution in [1.82, 2.24) is 5.43 Å². The number of hydrogen-bond donors (Lipinski definition) is 2. The number of anilines is 1. The van der Waals surface area contributed by atoms with E-state index in [0.29, 0.717) is 6.61 Å². The molecule has 1 aromatic rings. The van der Waals surface area contributed by atoms with Gasteiger partial charge in [-0.1, -0.05) is 0 Å². The molecule has 0 aliphatic heterocycles. The molecular weight excluding hydrogens is 256 g/mol. The molecule has 0 atom stereocenters. The van der Waals surface area contributed by atoms with Crippen molar-refractivity contribution in [2.75, 3.05) is 24.6 Å². The number of nitrogens with one attached hydrogen (secondary N) is 1. The smallest absolute Gasteiger partial charge is 0.332 e. The van der Waals surface area contributed by atoms with Crippen LogP contribution in [0.5, 0.6) is 5.75 Å². The van der Waals surface area contributed by atoms with Gasteiger partial charge >= 0.3 is 6.03 Å². The fraction of sp³-hybridized carbons (Fsp3) is 0.429. The van der Waals surface area contributed by atoms with E-state index in [-0.39, 0.29) is 0 Å². The Morgan fingerprint density at radius 2 is 2.10 bits per heavy atom. The molecule has 0 radical (unpaired) electrons. The van der Waals surface area contributed by atoms with Crippen LogP contribution in [0.1, 0.15) is 26.3 Å². The molecule has 110 valence electrons. The molecular formula is C14H22N4O2. The summed E-state index contributed by atoms with van der Waals surface area (Å²) in [6, 6.07) is 5.19. The van der Waals surface area contributed by atoms with Crippen LogP contribution in [0.15, 0.2) is 23.3 Å². The van der Waals surface area contributed by atoms with Gasteiger partial charge in [0.05, 0.1) is 12.8 Å². The molecule has 0 aliphatic rings. The van der Waals surface area contributed by atoms with Crippen molar-refractivity contribution in [2.45, 2.75) is 20.8 Å². The molecule has 0 spiro atoms. The third-order valence-electron chi connectivity index (χ3n) is 2.80. The molecule has 1 rings (SSSR count). The first-order valence-electron chi connectivity index (χ1n) is 6.72. The maximum atomic E-state index is 10.6. The highest BCUT2D eigenvalue weighted by Crippen LogP contribution is 2.25. The number of hydrazone groups is 1. The Labute approximate surface area is 119 Å². The topological polar surface area (TPSA) is 79.9 Å². The minimum absolute atomic E-state index is 0.561. The standard InChI is InChI=1S/C14H22N4O2/c1-4-18(5-2)12-8-7-11(10-16-17-14(15)19)13(9-12)20-6-3/h7-10H,4-6H2,1-3H3,(H3,15,17,19). The Hall–Kier alpha value is -2.24. The number of nitrogens with two attached hydrogens (primary N) is 1. The average molecular weight is 278 g/mol. The number of carbonyl (C=O) groups excluding carboxylic acids is 1. The Balaban J connectivity index is 3.00. The summed E-state index contributed by atoms with van der Waals surface area (Å²) in [6.45, 7) is 8.56. The molecule has 0 aromatic heterocycles. The zero-order valence-corrected chi connectivity index (χ0v) is 12.2. The van der Waals surface area contributed by atoms with Gasteiger partial charge < -0.3 is 15.4 Å². The monoisotopic (exact) mass is 278 g/mol. The minimum atomic E-state index is -0.695. The van der Waals surface area contributed by atoms with E-state index in [1.807, 2.05) is 25.1 Å². The van der Waals surface area contributed by atoms with E-state index in [9.17, 15) is 4.79 Å². The largest absolute Gasteiger partial charge is 0.493 e. The van der Waals surface area contributed by atoms with Crippen LogP contribution in [-0.4, -0.2) is 31.9 Å². The summed E-state index contributed by atoms with van der Waals surface area (Å²) >= 11 is 0. The Morgan fingerprint density at radius 3 is 2.65 bits per heavy atom. The second-order valence-electron chi connectivity index (χ2n) is 4.06. The van der Waals surface area contributed by atoms with Crippen molar-refractivity contribution in [2.24, 2.45) is 10.8 Å². The predicted octanol–water partition coefficient (Wildman–Crippen LogP) is 1.93. The average Bonchev–Trinajstić information content (AvgIpc) is 2.42. The fourth-order valence-corrected chi connectivity index (χ4v) is 1.86. The van der Waals surface area contributed by atoms with Crippen molar-refractivity contribution in [3.8, 4) is 5.75 Å². The van der Waals surface area contributed by atoms with Crippen LogP contribution in [0.25, 0.3) is 0 Å². The molecule has 0 heterocycles. The van der Waals surface area contributed by atoms with Gasteiger partial charge in [-0.05, 0) is 32.9 Å². The van der Waals surface area contributed by atoms with Gasteiger partial charge in [-0.2, -0.15) is 5.10 Å². The summed E-state index contributed by atoms with van der Waals surface area (Å²) < 4.78 is 5.61. The molecule has 0 saturated carbocycles. The van der Waals surface area contributed by atoms with E-state index in [0.717, 1.165) is 30.1 Å². The zero-order chi connectivity index (χ0) is 15.0. The summed E-state index contributed by atoms with van der Waals surface area (Å²) in [5.41, 5.74) is 9.00. The SMILES string of the molecule is CCOc1cc(N(CC)CC)ccc1C=NNC(N)=O. The number of benzene rings is 1. The lowest BCUT2D eigenvalue weighted by atomic mass is 10.2. The molecule has 0 unspecified atom stereocenters. The molecule has 2 amide bonds. The van der Waals surface area contributed by atoms with Gasteiger partial charge in [0.1, 0.15) is 5.75 Å². The van der Waals surface area contributed by atoms with E-state index in [4.69, 9.17) is 10.5 Å². The van der Waals surface area contributed by atoms with Gasteiger partial charge in [0.15, 0.2) is 0 Å². The number of amides is 2. The van der Waals surface area contributed by atoms with Crippen LogP contribution in [0, 0.1) is 0 Å². The van der Waals surface area contributed by atoms with Crippen LogP contribution in [-0.2, 0) is 0 Å². The summed E-state index contributed by atoms with van der Waals surface area (Å²) in [7, 11) is 0. The van der Waals surface area contributed by atoms with Crippen molar-refractivity contribution in [3.63, 3.8) is 0 Å². The maximum absolute atomic E-state index is 10.6. The predicted molar refractivity (Wildman–Crippen MR) is 81.5 cm³/mol. The van der Waals surface area contributed by atoms with Crippen molar-refractivity contribution < 1.29 is 9.53 Å². The number of carbonyl (C=O) groups is 1. The van der Waals surface area contributed by atoms with E-state index >= 15 is 0 Å². The molecule has 3 N–H and O–H groups in total.